The number of hydrogen-bond acceptors (Lipinski definition) is 3. The first-order valence-electron chi connectivity index (χ1n) is 6.00. The molecule has 0 aliphatic carbocycles. The van der Waals surface area contributed by atoms with Gasteiger partial charge in [0.2, 0.25) is 0 Å². The van der Waals surface area contributed by atoms with Crippen LogP contribution in [0.1, 0.15) is 32.8 Å². The topological polar surface area (TPSA) is 38.7 Å². The fourth-order valence-electron chi connectivity index (χ4n) is 1.57. The molecule has 0 fully saturated rings. The van der Waals surface area contributed by atoms with E-state index in [4.69, 9.17) is 9.47 Å². The molecule has 0 radical (unpaired) electrons. The van der Waals surface area contributed by atoms with Crippen molar-refractivity contribution in [2.75, 3.05) is 13.7 Å². The van der Waals surface area contributed by atoms with Gasteiger partial charge >= 0.3 is 0 Å². The molecule has 0 heterocycles. The average Bonchev–Trinajstić information content (AvgIpc) is 2.35. The number of ether oxygens (including phenoxy) is 2. The normalized spacial score (nSPS) is 16.3. The summed E-state index contributed by atoms with van der Waals surface area (Å²) in [7, 11) is 1.60. The van der Waals surface area contributed by atoms with E-state index < -0.39 is 5.60 Å². The highest BCUT2D eigenvalue weighted by atomic mass is 16.5. The molecule has 96 valence electrons. The Morgan fingerprint density at radius 1 is 1.29 bits per heavy atom. The molecule has 0 saturated heterocycles. The third-order valence-corrected chi connectivity index (χ3v) is 3.06. The summed E-state index contributed by atoms with van der Waals surface area (Å²) in [4.78, 5) is 0. The van der Waals surface area contributed by atoms with Gasteiger partial charge in [-0.25, -0.2) is 0 Å². The van der Waals surface area contributed by atoms with E-state index in [-0.39, 0.29) is 6.10 Å². The SMILES string of the molecule is CCCOc1ccc(C(C)(O)C(C)OC)cc1. The van der Waals surface area contributed by atoms with Gasteiger partial charge in [-0.2, -0.15) is 0 Å². The minimum atomic E-state index is -0.988. The molecule has 0 amide bonds. The molecule has 0 aliphatic rings. The quantitative estimate of drug-likeness (QED) is 0.828. The summed E-state index contributed by atoms with van der Waals surface area (Å²) < 4.78 is 10.7. The Kier molecular flexibility index (Phi) is 4.97. The molecule has 2 unspecified atom stereocenters. The van der Waals surface area contributed by atoms with Crippen molar-refractivity contribution >= 4 is 0 Å². The fourth-order valence-corrected chi connectivity index (χ4v) is 1.57. The maximum absolute atomic E-state index is 10.4. The molecule has 1 aromatic carbocycles. The zero-order chi connectivity index (χ0) is 12.9. The maximum atomic E-state index is 10.4. The van der Waals surface area contributed by atoms with Gasteiger partial charge in [0, 0.05) is 7.11 Å². The number of benzene rings is 1. The van der Waals surface area contributed by atoms with E-state index in [0.717, 1.165) is 17.7 Å². The van der Waals surface area contributed by atoms with E-state index in [0.29, 0.717) is 6.61 Å². The largest absolute Gasteiger partial charge is 0.494 e. The summed E-state index contributed by atoms with van der Waals surface area (Å²) in [5, 5.41) is 10.4. The lowest BCUT2D eigenvalue weighted by Crippen LogP contribution is -2.35. The van der Waals surface area contributed by atoms with Crippen LogP contribution in [0.4, 0.5) is 0 Å². The standard InChI is InChI=1S/C14H22O3/c1-5-10-17-13-8-6-12(7-9-13)14(3,15)11(2)16-4/h6-9,11,15H,5,10H2,1-4H3. The molecule has 1 rings (SSSR count). The van der Waals surface area contributed by atoms with Crippen molar-refractivity contribution in [3.8, 4) is 5.75 Å². The smallest absolute Gasteiger partial charge is 0.119 e. The maximum Gasteiger partial charge on any atom is 0.119 e. The van der Waals surface area contributed by atoms with Gasteiger partial charge in [0.05, 0.1) is 12.7 Å². The first kappa shape index (κ1) is 14.0. The van der Waals surface area contributed by atoms with Crippen LogP contribution in [0, 0.1) is 0 Å². The first-order valence-corrected chi connectivity index (χ1v) is 6.00. The third-order valence-electron chi connectivity index (χ3n) is 3.06. The van der Waals surface area contributed by atoms with Crippen molar-refractivity contribution in [3.63, 3.8) is 0 Å². The summed E-state index contributed by atoms with van der Waals surface area (Å²) in [6.45, 7) is 6.38. The Balaban J connectivity index is 2.79. The van der Waals surface area contributed by atoms with Gasteiger partial charge in [0.25, 0.3) is 0 Å². The molecule has 1 N–H and O–H groups in total. The van der Waals surface area contributed by atoms with Gasteiger partial charge in [-0.1, -0.05) is 19.1 Å². The summed E-state index contributed by atoms with van der Waals surface area (Å²) in [6, 6.07) is 7.50. The number of aliphatic hydroxyl groups is 1. The Bertz CT molecular complexity index is 330. The number of methoxy groups -OCH3 is 1. The zero-order valence-electron chi connectivity index (χ0n) is 11.1. The monoisotopic (exact) mass is 238 g/mol. The molecule has 2 atom stereocenters. The van der Waals surface area contributed by atoms with Crippen LogP contribution in [0.3, 0.4) is 0 Å². The van der Waals surface area contributed by atoms with Gasteiger partial charge in [0.1, 0.15) is 11.4 Å². The molecule has 0 aliphatic heterocycles. The molecule has 17 heavy (non-hydrogen) atoms. The Morgan fingerprint density at radius 2 is 1.88 bits per heavy atom. The van der Waals surface area contributed by atoms with Crippen molar-refractivity contribution in [1.29, 1.82) is 0 Å². The van der Waals surface area contributed by atoms with E-state index in [9.17, 15) is 5.11 Å². The predicted molar refractivity (Wildman–Crippen MR) is 68.3 cm³/mol. The lowest BCUT2D eigenvalue weighted by molar-refractivity contribution is -0.0772. The zero-order valence-corrected chi connectivity index (χ0v) is 11.1. The highest BCUT2D eigenvalue weighted by molar-refractivity contribution is 5.31. The van der Waals surface area contributed by atoms with E-state index >= 15 is 0 Å². The third kappa shape index (κ3) is 3.45. The van der Waals surface area contributed by atoms with Gasteiger partial charge in [-0.15, -0.1) is 0 Å². The van der Waals surface area contributed by atoms with Crippen LogP contribution in [-0.4, -0.2) is 24.9 Å². The van der Waals surface area contributed by atoms with Gasteiger partial charge in [-0.05, 0) is 38.0 Å². The van der Waals surface area contributed by atoms with Crippen molar-refractivity contribution < 1.29 is 14.6 Å². The Morgan fingerprint density at radius 3 is 2.35 bits per heavy atom. The summed E-state index contributed by atoms with van der Waals surface area (Å²) in [5.74, 6) is 0.830. The first-order chi connectivity index (χ1) is 8.02. The van der Waals surface area contributed by atoms with Crippen LogP contribution in [0.15, 0.2) is 24.3 Å². The fraction of sp³-hybridized carbons (Fsp3) is 0.571. The van der Waals surface area contributed by atoms with E-state index in [2.05, 4.69) is 6.92 Å². The van der Waals surface area contributed by atoms with Crippen molar-refractivity contribution in [1.82, 2.24) is 0 Å². The van der Waals surface area contributed by atoms with Crippen LogP contribution in [-0.2, 0) is 10.3 Å². The minimum Gasteiger partial charge on any atom is -0.494 e. The van der Waals surface area contributed by atoms with Gasteiger partial charge < -0.3 is 14.6 Å². The molecule has 0 bridgehead atoms. The second kappa shape index (κ2) is 6.03. The summed E-state index contributed by atoms with van der Waals surface area (Å²) in [5.41, 5.74) is -0.159. The molecule has 1 aromatic rings. The molecule has 0 spiro atoms. The lowest BCUT2D eigenvalue weighted by Gasteiger charge is -2.29. The Hall–Kier alpha value is -1.06. The van der Waals surface area contributed by atoms with Crippen molar-refractivity contribution in [3.05, 3.63) is 29.8 Å². The predicted octanol–water partition coefficient (Wildman–Crippen LogP) is 2.72. The molecule has 3 heteroatoms. The Labute approximate surface area is 103 Å². The molecule has 0 saturated carbocycles. The van der Waals surface area contributed by atoms with Crippen LogP contribution >= 0.6 is 0 Å². The molecule has 0 aromatic heterocycles. The van der Waals surface area contributed by atoms with E-state index in [1.54, 1.807) is 14.0 Å². The molecular weight excluding hydrogens is 216 g/mol. The highest BCUT2D eigenvalue weighted by Crippen LogP contribution is 2.27. The second-order valence-electron chi connectivity index (χ2n) is 4.40. The highest BCUT2D eigenvalue weighted by Gasteiger charge is 2.30. The number of rotatable bonds is 6. The van der Waals surface area contributed by atoms with E-state index in [1.165, 1.54) is 0 Å². The van der Waals surface area contributed by atoms with E-state index in [1.807, 2.05) is 31.2 Å². The second-order valence-corrected chi connectivity index (χ2v) is 4.40. The molecule has 3 nitrogen and oxygen atoms in total. The number of hydrogen-bond donors (Lipinski definition) is 1. The van der Waals surface area contributed by atoms with Crippen LogP contribution in [0.25, 0.3) is 0 Å². The van der Waals surface area contributed by atoms with Crippen molar-refractivity contribution in [2.45, 2.75) is 38.9 Å². The van der Waals surface area contributed by atoms with Crippen molar-refractivity contribution in [2.24, 2.45) is 0 Å². The molecular formula is C14H22O3. The summed E-state index contributed by atoms with van der Waals surface area (Å²) in [6.07, 6.45) is 0.727. The van der Waals surface area contributed by atoms with Gasteiger partial charge in [-0.3, -0.25) is 0 Å². The minimum absolute atomic E-state index is 0.259. The lowest BCUT2D eigenvalue weighted by atomic mass is 9.91. The van der Waals surface area contributed by atoms with Crippen LogP contribution in [0.2, 0.25) is 0 Å². The van der Waals surface area contributed by atoms with Crippen LogP contribution < -0.4 is 4.74 Å². The van der Waals surface area contributed by atoms with Gasteiger partial charge in [0.15, 0.2) is 0 Å². The summed E-state index contributed by atoms with van der Waals surface area (Å²) >= 11 is 0. The average molecular weight is 238 g/mol. The van der Waals surface area contributed by atoms with Crippen LogP contribution in [0.5, 0.6) is 5.75 Å².